The molecular weight excluding hydrogens is 280 g/mol. The number of nitrogens with zero attached hydrogens (tertiary/aromatic N) is 1. The highest BCUT2D eigenvalue weighted by Gasteiger charge is 2.34. The van der Waals surface area contributed by atoms with Gasteiger partial charge in [-0.15, -0.1) is 0 Å². The quantitative estimate of drug-likeness (QED) is 0.921. The molecule has 1 aromatic carbocycles. The molecule has 1 heterocycles. The highest BCUT2D eigenvalue weighted by Crippen LogP contribution is 2.34. The summed E-state index contributed by atoms with van der Waals surface area (Å²) in [5, 5.41) is 3.33. The summed E-state index contributed by atoms with van der Waals surface area (Å²) >= 11 is 0. The molecule has 1 amide bonds. The number of methoxy groups -OCH3 is 2. The predicted octanol–water partition coefficient (Wildman–Crippen LogP) is 1.80. The Balaban J connectivity index is 2.26. The SMILES string of the molecule is COc1ccc(C(C)(C)C(=O)N2CCCNCC2)cc1OC. The minimum absolute atomic E-state index is 0.156. The first-order valence-corrected chi connectivity index (χ1v) is 7.73. The number of carbonyl (C=O) groups is 1. The van der Waals surface area contributed by atoms with E-state index in [1.54, 1.807) is 14.2 Å². The fraction of sp³-hybridized carbons (Fsp3) is 0.588. The van der Waals surface area contributed by atoms with E-state index in [-0.39, 0.29) is 5.91 Å². The number of hydrogen-bond acceptors (Lipinski definition) is 4. The molecule has 0 aromatic heterocycles. The standard InChI is InChI=1S/C17H26N2O3/c1-17(2,16(20)19-10-5-8-18-9-11-19)13-6-7-14(21-3)15(12-13)22-4/h6-7,12,18H,5,8-11H2,1-4H3. The molecule has 5 heteroatoms. The predicted molar refractivity (Wildman–Crippen MR) is 86.6 cm³/mol. The van der Waals surface area contributed by atoms with Crippen molar-refractivity contribution in [3.63, 3.8) is 0 Å². The first-order chi connectivity index (χ1) is 10.5. The van der Waals surface area contributed by atoms with Crippen LogP contribution in [0, 0.1) is 0 Å². The highest BCUT2D eigenvalue weighted by atomic mass is 16.5. The number of carbonyl (C=O) groups excluding carboxylic acids is 1. The molecular formula is C17H26N2O3. The lowest BCUT2D eigenvalue weighted by atomic mass is 9.83. The van der Waals surface area contributed by atoms with Gasteiger partial charge in [0.05, 0.1) is 19.6 Å². The van der Waals surface area contributed by atoms with E-state index in [0.717, 1.165) is 38.2 Å². The molecule has 0 atom stereocenters. The van der Waals surface area contributed by atoms with Gasteiger partial charge in [0.1, 0.15) is 0 Å². The smallest absolute Gasteiger partial charge is 0.232 e. The van der Waals surface area contributed by atoms with E-state index in [1.165, 1.54) is 0 Å². The summed E-state index contributed by atoms with van der Waals surface area (Å²) in [6.07, 6.45) is 0.994. The normalized spacial score (nSPS) is 16.1. The molecule has 1 saturated heterocycles. The first kappa shape index (κ1) is 16.6. The molecule has 2 rings (SSSR count). The van der Waals surface area contributed by atoms with Gasteiger partial charge in [-0.1, -0.05) is 6.07 Å². The van der Waals surface area contributed by atoms with Gasteiger partial charge in [0.2, 0.25) is 5.91 Å². The molecule has 1 aromatic rings. The second kappa shape index (κ2) is 7.01. The molecule has 0 saturated carbocycles. The van der Waals surface area contributed by atoms with Crippen molar-refractivity contribution in [2.75, 3.05) is 40.4 Å². The topological polar surface area (TPSA) is 50.8 Å². The second-order valence-electron chi connectivity index (χ2n) is 6.09. The molecule has 1 aliphatic heterocycles. The van der Waals surface area contributed by atoms with Crippen LogP contribution in [-0.4, -0.2) is 51.2 Å². The Morgan fingerprint density at radius 1 is 1.14 bits per heavy atom. The average molecular weight is 306 g/mol. The van der Waals surface area contributed by atoms with Crippen molar-refractivity contribution < 1.29 is 14.3 Å². The van der Waals surface area contributed by atoms with Gasteiger partial charge >= 0.3 is 0 Å². The number of ether oxygens (including phenoxy) is 2. The minimum atomic E-state index is -0.593. The number of benzene rings is 1. The summed E-state index contributed by atoms with van der Waals surface area (Å²) in [6.45, 7) is 7.33. The van der Waals surface area contributed by atoms with Crippen LogP contribution < -0.4 is 14.8 Å². The summed E-state index contributed by atoms with van der Waals surface area (Å²) in [5.41, 5.74) is 0.344. The van der Waals surface area contributed by atoms with Gasteiger partial charge < -0.3 is 19.7 Å². The van der Waals surface area contributed by atoms with Gasteiger partial charge in [-0.2, -0.15) is 0 Å². The van der Waals surface area contributed by atoms with E-state index in [4.69, 9.17) is 9.47 Å². The summed E-state index contributed by atoms with van der Waals surface area (Å²) in [5.74, 6) is 1.48. The Bertz CT molecular complexity index is 521. The third-order valence-corrected chi connectivity index (χ3v) is 4.27. The Hall–Kier alpha value is -1.75. The van der Waals surface area contributed by atoms with Crippen molar-refractivity contribution in [3.8, 4) is 11.5 Å². The Morgan fingerprint density at radius 3 is 2.55 bits per heavy atom. The fourth-order valence-electron chi connectivity index (χ4n) is 2.79. The lowest BCUT2D eigenvalue weighted by molar-refractivity contribution is -0.136. The van der Waals surface area contributed by atoms with Crippen LogP contribution in [-0.2, 0) is 10.2 Å². The Labute approximate surface area is 132 Å². The van der Waals surface area contributed by atoms with Gasteiger partial charge in [0, 0.05) is 19.6 Å². The molecule has 1 N–H and O–H groups in total. The van der Waals surface area contributed by atoms with E-state index < -0.39 is 5.41 Å². The molecule has 0 unspecified atom stereocenters. The molecule has 1 fully saturated rings. The monoisotopic (exact) mass is 306 g/mol. The summed E-state index contributed by atoms with van der Waals surface area (Å²) in [6, 6.07) is 5.69. The first-order valence-electron chi connectivity index (χ1n) is 7.73. The van der Waals surface area contributed by atoms with Crippen molar-refractivity contribution in [2.24, 2.45) is 0 Å². The zero-order chi connectivity index (χ0) is 16.2. The zero-order valence-corrected chi connectivity index (χ0v) is 13.9. The van der Waals surface area contributed by atoms with Gasteiger partial charge in [0.25, 0.3) is 0 Å². The lowest BCUT2D eigenvalue weighted by Crippen LogP contribution is -2.44. The summed E-state index contributed by atoms with van der Waals surface area (Å²) in [7, 11) is 3.22. The number of nitrogens with one attached hydrogen (secondary N) is 1. The van der Waals surface area contributed by atoms with Gasteiger partial charge in [-0.3, -0.25) is 4.79 Å². The average Bonchev–Trinajstić information content (AvgIpc) is 2.82. The van der Waals surface area contributed by atoms with Crippen molar-refractivity contribution >= 4 is 5.91 Å². The molecule has 0 aliphatic carbocycles. The van der Waals surface area contributed by atoms with Gasteiger partial charge in [0.15, 0.2) is 11.5 Å². The molecule has 0 spiro atoms. The zero-order valence-electron chi connectivity index (χ0n) is 13.9. The molecule has 22 heavy (non-hydrogen) atoms. The van der Waals surface area contributed by atoms with Crippen LogP contribution in [0.4, 0.5) is 0 Å². The van der Waals surface area contributed by atoms with E-state index in [9.17, 15) is 4.79 Å². The summed E-state index contributed by atoms with van der Waals surface area (Å²) in [4.78, 5) is 14.9. The molecule has 5 nitrogen and oxygen atoms in total. The van der Waals surface area contributed by atoms with Crippen molar-refractivity contribution in [3.05, 3.63) is 23.8 Å². The largest absolute Gasteiger partial charge is 0.493 e. The van der Waals surface area contributed by atoms with Crippen LogP contribution in [0.15, 0.2) is 18.2 Å². The van der Waals surface area contributed by atoms with Crippen molar-refractivity contribution in [1.29, 1.82) is 0 Å². The maximum Gasteiger partial charge on any atom is 0.232 e. The van der Waals surface area contributed by atoms with Crippen molar-refractivity contribution in [2.45, 2.75) is 25.7 Å². The third kappa shape index (κ3) is 3.35. The van der Waals surface area contributed by atoms with Crippen LogP contribution in [0.3, 0.4) is 0 Å². The van der Waals surface area contributed by atoms with Crippen molar-refractivity contribution in [1.82, 2.24) is 10.2 Å². The van der Waals surface area contributed by atoms with Crippen LogP contribution >= 0.6 is 0 Å². The number of amides is 1. The molecule has 1 aliphatic rings. The van der Waals surface area contributed by atoms with E-state index >= 15 is 0 Å². The van der Waals surface area contributed by atoms with Crippen LogP contribution in [0.25, 0.3) is 0 Å². The van der Waals surface area contributed by atoms with E-state index in [0.29, 0.717) is 11.5 Å². The molecule has 0 radical (unpaired) electrons. The second-order valence-corrected chi connectivity index (χ2v) is 6.09. The Kier molecular flexibility index (Phi) is 5.29. The minimum Gasteiger partial charge on any atom is -0.493 e. The maximum absolute atomic E-state index is 13.0. The van der Waals surface area contributed by atoms with Gasteiger partial charge in [-0.05, 0) is 44.5 Å². The van der Waals surface area contributed by atoms with Crippen LogP contribution in [0.2, 0.25) is 0 Å². The summed E-state index contributed by atoms with van der Waals surface area (Å²) < 4.78 is 10.6. The highest BCUT2D eigenvalue weighted by molar-refractivity contribution is 5.87. The number of hydrogen-bond donors (Lipinski definition) is 1. The van der Waals surface area contributed by atoms with E-state index in [2.05, 4.69) is 5.32 Å². The third-order valence-electron chi connectivity index (χ3n) is 4.27. The Morgan fingerprint density at radius 2 is 1.86 bits per heavy atom. The lowest BCUT2D eigenvalue weighted by Gasteiger charge is -2.31. The van der Waals surface area contributed by atoms with E-state index in [1.807, 2.05) is 36.9 Å². The van der Waals surface area contributed by atoms with Crippen LogP contribution in [0.5, 0.6) is 11.5 Å². The number of rotatable bonds is 4. The van der Waals surface area contributed by atoms with Crippen LogP contribution in [0.1, 0.15) is 25.8 Å². The maximum atomic E-state index is 13.0. The van der Waals surface area contributed by atoms with Gasteiger partial charge in [-0.25, -0.2) is 0 Å². The molecule has 0 bridgehead atoms. The fourth-order valence-corrected chi connectivity index (χ4v) is 2.79. The molecule has 122 valence electrons.